The summed E-state index contributed by atoms with van der Waals surface area (Å²) >= 11 is 0. The Morgan fingerprint density at radius 2 is 1.69 bits per heavy atom. The van der Waals surface area contributed by atoms with Gasteiger partial charge < -0.3 is 10.3 Å². The van der Waals surface area contributed by atoms with Crippen molar-refractivity contribution in [1.82, 2.24) is 19.1 Å². The fraction of sp³-hybridized carbons (Fsp3) is 0.333. The first-order valence-corrected chi connectivity index (χ1v) is 4.63. The molecule has 2 rings (SSSR count). The molecule has 2 aromatic heterocycles. The molecular formula is C9H11N5O2. The number of aromatic nitrogens is 4. The molecule has 84 valence electrons. The van der Waals surface area contributed by atoms with Crippen LogP contribution >= 0.6 is 0 Å². The summed E-state index contributed by atoms with van der Waals surface area (Å²) < 4.78 is 2.42. The molecule has 0 aromatic carbocycles. The molecule has 0 saturated carbocycles. The summed E-state index contributed by atoms with van der Waals surface area (Å²) in [5.74, 6) is 0.0723. The number of rotatable bonds is 0. The molecule has 16 heavy (non-hydrogen) atoms. The largest absolute Gasteiger partial charge is 0.369 e. The van der Waals surface area contributed by atoms with Crippen LogP contribution < -0.4 is 16.9 Å². The molecule has 0 aliphatic heterocycles. The molecule has 0 aliphatic rings. The van der Waals surface area contributed by atoms with Crippen LogP contribution in [0.25, 0.3) is 11.2 Å². The van der Waals surface area contributed by atoms with Gasteiger partial charge in [0.15, 0.2) is 11.2 Å². The fourth-order valence-electron chi connectivity index (χ4n) is 1.52. The summed E-state index contributed by atoms with van der Waals surface area (Å²) in [5.41, 5.74) is 5.50. The van der Waals surface area contributed by atoms with Crippen molar-refractivity contribution in [2.45, 2.75) is 6.92 Å². The molecule has 7 nitrogen and oxygen atoms in total. The zero-order valence-corrected chi connectivity index (χ0v) is 9.18. The molecule has 2 N–H and O–H groups in total. The van der Waals surface area contributed by atoms with Crippen molar-refractivity contribution in [3.63, 3.8) is 0 Å². The number of aryl methyl sites for hydroxylation is 2. The van der Waals surface area contributed by atoms with Gasteiger partial charge in [0.1, 0.15) is 5.69 Å². The second-order valence-electron chi connectivity index (χ2n) is 3.57. The summed E-state index contributed by atoms with van der Waals surface area (Å²) in [4.78, 5) is 31.4. The van der Waals surface area contributed by atoms with Crippen LogP contribution in [0.3, 0.4) is 0 Å². The zero-order valence-electron chi connectivity index (χ0n) is 9.18. The number of nitrogens with two attached hydrogens (primary N) is 1. The predicted octanol–water partition coefficient (Wildman–Crippen LogP) is -1.08. The Morgan fingerprint density at radius 1 is 1.06 bits per heavy atom. The van der Waals surface area contributed by atoms with Gasteiger partial charge >= 0.3 is 0 Å². The van der Waals surface area contributed by atoms with Crippen molar-refractivity contribution < 1.29 is 0 Å². The first-order chi connectivity index (χ1) is 7.43. The van der Waals surface area contributed by atoms with E-state index in [1.165, 1.54) is 23.2 Å². The highest BCUT2D eigenvalue weighted by Gasteiger charge is 2.12. The minimum Gasteiger partial charge on any atom is -0.369 e. The Kier molecular flexibility index (Phi) is 2.04. The average Bonchev–Trinajstić information content (AvgIpc) is 2.23. The third kappa shape index (κ3) is 1.21. The van der Waals surface area contributed by atoms with E-state index in [2.05, 4.69) is 9.97 Å². The van der Waals surface area contributed by atoms with Crippen LogP contribution in [-0.2, 0) is 14.1 Å². The lowest BCUT2D eigenvalue weighted by molar-refractivity contribution is 0.806. The number of hydrogen-bond donors (Lipinski definition) is 1. The SMILES string of the molecule is Cc1nc2nc(N)n(C)c(=O)c2n(C)c1=O. The van der Waals surface area contributed by atoms with E-state index in [-0.39, 0.29) is 33.9 Å². The molecule has 0 fully saturated rings. The van der Waals surface area contributed by atoms with Crippen molar-refractivity contribution in [3.8, 4) is 0 Å². The molecule has 0 radical (unpaired) electrons. The molecule has 7 heteroatoms. The van der Waals surface area contributed by atoms with Crippen LogP contribution in [0.15, 0.2) is 9.59 Å². The summed E-state index contributed by atoms with van der Waals surface area (Å²) in [6, 6.07) is 0. The van der Waals surface area contributed by atoms with Gasteiger partial charge in [-0.3, -0.25) is 14.2 Å². The van der Waals surface area contributed by atoms with Gasteiger partial charge in [0, 0.05) is 14.1 Å². The minimum atomic E-state index is -0.380. The van der Waals surface area contributed by atoms with Crippen LogP contribution in [-0.4, -0.2) is 19.1 Å². The summed E-state index contributed by atoms with van der Waals surface area (Å²) in [6.45, 7) is 1.57. The number of hydrogen-bond acceptors (Lipinski definition) is 5. The highest BCUT2D eigenvalue weighted by molar-refractivity contribution is 5.70. The third-order valence-electron chi connectivity index (χ3n) is 2.51. The molecule has 0 amide bonds. The Hall–Kier alpha value is -2.18. The van der Waals surface area contributed by atoms with E-state index in [4.69, 9.17) is 5.73 Å². The van der Waals surface area contributed by atoms with E-state index >= 15 is 0 Å². The van der Waals surface area contributed by atoms with Crippen LogP contribution in [0.1, 0.15) is 5.69 Å². The van der Waals surface area contributed by atoms with Gasteiger partial charge in [0.25, 0.3) is 11.1 Å². The Balaban J connectivity index is 3.16. The average molecular weight is 221 g/mol. The van der Waals surface area contributed by atoms with Gasteiger partial charge in [-0.15, -0.1) is 0 Å². The summed E-state index contributed by atoms with van der Waals surface area (Å²) in [6.07, 6.45) is 0. The lowest BCUT2D eigenvalue weighted by Crippen LogP contribution is -2.30. The van der Waals surface area contributed by atoms with E-state index in [0.717, 1.165) is 0 Å². The molecule has 0 spiro atoms. The maximum Gasteiger partial charge on any atom is 0.280 e. The summed E-state index contributed by atoms with van der Waals surface area (Å²) in [7, 11) is 3.01. The molecular weight excluding hydrogens is 210 g/mol. The van der Waals surface area contributed by atoms with Crippen molar-refractivity contribution in [1.29, 1.82) is 0 Å². The first-order valence-electron chi connectivity index (χ1n) is 4.63. The minimum absolute atomic E-state index is 0.0723. The van der Waals surface area contributed by atoms with Gasteiger partial charge in [-0.25, -0.2) is 4.98 Å². The van der Waals surface area contributed by atoms with Crippen molar-refractivity contribution in [2.24, 2.45) is 14.1 Å². The molecule has 2 aromatic rings. The number of nitrogen functional groups attached to an aromatic ring is 1. The molecule has 0 unspecified atom stereocenters. The third-order valence-corrected chi connectivity index (χ3v) is 2.51. The highest BCUT2D eigenvalue weighted by atomic mass is 16.1. The van der Waals surface area contributed by atoms with Crippen LogP contribution in [0.4, 0.5) is 5.95 Å². The number of nitrogens with zero attached hydrogens (tertiary/aromatic N) is 4. The normalized spacial score (nSPS) is 10.9. The Bertz CT molecular complexity index is 698. The Labute approximate surface area is 90.2 Å². The second-order valence-corrected chi connectivity index (χ2v) is 3.57. The molecule has 0 saturated heterocycles. The van der Waals surface area contributed by atoms with Crippen molar-refractivity contribution in [3.05, 3.63) is 26.4 Å². The van der Waals surface area contributed by atoms with E-state index < -0.39 is 0 Å². The Morgan fingerprint density at radius 3 is 2.31 bits per heavy atom. The smallest absolute Gasteiger partial charge is 0.280 e. The van der Waals surface area contributed by atoms with Gasteiger partial charge in [-0.2, -0.15) is 4.98 Å². The maximum absolute atomic E-state index is 11.9. The van der Waals surface area contributed by atoms with Crippen LogP contribution in [0.2, 0.25) is 0 Å². The van der Waals surface area contributed by atoms with Crippen molar-refractivity contribution in [2.75, 3.05) is 5.73 Å². The quantitative estimate of drug-likeness (QED) is 0.610. The van der Waals surface area contributed by atoms with E-state index in [1.807, 2.05) is 0 Å². The van der Waals surface area contributed by atoms with Gasteiger partial charge in [-0.1, -0.05) is 0 Å². The summed E-state index contributed by atoms with van der Waals surface area (Å²) in [5, 5.41) is 0. The van der Waals surface area contributed by atoms with Crippen LogP contribution in [0, 0.1) is 6.92 Å². The van der Waals surface area contributed by atoms with E-state index in [0.29, 0.717) is 0 Å². The zero-order chi connectivity index (χ0) is 12.0. The van der Waals surface area contributed by atoms with E-state index in [9.17, 15) is 9.59 Å². The molecule has 0 bridgehead atoms. The van der Waals surface area contributed by atoms with Crippen LogP contribution in [0.5, 0.6) is 0 Å². The van der Waals surface area contributed by atoms with E-state index in [1.54, 1.807) is 6.92 Å². The first kappa shape index (κ1) is 10.3. The lowest BCUT2D eigenvalue weighted by atomic mass is 10.4. The lowest BCUT2D eigenvalue weighted by Gasteiger charge is -2.07. The number of fused-ring (bicyclic) bond motifs is 1. The standard InChI is InChI=1S/C9H11N5O2/c1-4-7(15)13(2)5-6(11-4)12-9(10)14(3)8(5)16/h1-3H3,(H2,10,12). The highest BCUT2D eigenvalue weighted by Crippen LogP contribution is 2.03. The van der Waals surface area contributed by atoms with Gasteiger partial charge in [0.05, 0.1) is 0 Å². The number of anilines is 1. The van der Waals surface area contributed by atoms with Gasteiger partial charge in [-0.05, 0) is 6.92 Å². The second kappa shape index (κ2) is 3.16. The molecule has 2 heterocycles. The topological polar surface area (TPSA) is 95.8 Å². The predicted molar refractivity (Wildman–Crippen MR) is 59.2 cm³/mol. The maximum atomic E-state index is 11.9. The van der Waals surface area contributed by atoms with Gasteiger partial charge in [0.2, 0.25) is 5.95 Å². The fourth-order valence-corrected chi connectivity index (χ4v) is 1.52. The monoisotopic (exact) mass is 221 g/mol. The van der Waals surface area contributed by atoms with Crippen molar-refractivity contribution >= 4 is 17.1 Å². The molecule has 0 atom stereocenters. The molecule has 0 aliphatic carbocycles.